The van der Waals surface area contributed by atoms with Crippen molar-refractivity contribution in [3.63, 3.8) is 0 Å². The average Bonchev–Trinajstić information content (AvgIpc) is 3.29. The summed E-state index contributed by atoms with van der Waals surface area (Å²) in [5.41, 5.74) is 10.1. The topological polar surface area (TPSA) is 103 Å². The fraction of sp³-hybridized carbons (Fsp3) is 0.435. The van der Waals surface area contributed by atoms with Gasteiger partial charge in [0.05, 0.1) is 15.8 Å². The molecule has 1 atom stereocenters. The second-order valence-electron chi connectivity index (χ2n) is 9.41. The first-order valence-electron chi connectivity index (χ1n) is 10.4. The van der Waals surface area contributed by atoms with Gasteiger partial charge in [0.2, 0.25) is 0 Å². The maximum atomic E-state index is 12.3. The largest absolute Gasteiger partial charge is 0.366 e. The molecule has 0 bridgehead atoms. The van der Waals surface area contributed by atoms with E-state index in [9.17, 15) is 13.9 Å². The molecule has 1 aromatic carbocycles. The van der Waals surface area contributed by atoms with Crippen LogP contribution < -0.4 is 5.73 Å². The van der Waals surface area contributed by atoms with Crippen molar-refractivity contribution in [1.82, 2.24) is 9.88 Å². The number of carbonyl (C=O) groups excluding carboxylic acids is 1. The predicted molar refractivity (Wildman–Crippen MR) is 131 cm³/mol. The molecule has 0 spiro atoms. The molecule has 3 heterocycles. The normalized spacial score (nSPS) is 21.5. The lowest BCUT2D eigenvalue weighted by molar-refractivity contribution is 0.100. The van der Waals surface area contributed by atoms with Crippen molar-refractivity contribution in [2.45, 2.75) is 43.9 Å². The number of nitrogens with zero attached hydrogens (tertiary/aromatic N) is 1. The minimum absolute atomic E-state index is 0.187. The van der Waals surface area contributed by atoms with E-state index >= 15 is 0 Å². The molecule has 0 saturated carbocycles. The highest BCUT2D eigenvalue weighted by Gasteiger charge is 2.41. The van der Waals surface area contributed by atoms with Crippen molar-refractivity contribution in [2.75, 3.05) is 19.8 Å². The fourth-order valence-electron chi connectivity index (χ4n) is 4.56. The van der Waals surface area contributed by atoms with E-state index in [0.29, 0.717) is 24.2 Å². The molecule has 1 saturated heterocycles. The molecule has 3 aromatic rings. The second-order valence-corrected chi connectivity index (χ2v) is 13.3. The zero-order valence-electron chi connectivity index (χ0n) is 18.4. The lowest BCUT2D eigenvalue weighted by Crippen LogP contribution is -2.36. The summed E-state index contributed by atoms with van der Waals surface area (Å²) in [6.45, 7) is 4.73. The number of aromatic nitrogens is 1. The molecule has 1 unspecified atom stereocenters. The average molecular weight is 462 g/mol. The van der Waals surface area contributed by atoms with Gasteiger partial charge < -0.3 is 15.6 Å². The SMILES string of the molecule is CN(C)Cc1cc(-c2cc(C(N)=O)c3[nH]cc(C4CCS(O)(O)C(C)(C)C4)c3c2)cs1. The van der Waals surface area contributed by atoms with Crippen molar-refractivity contribution in [2.24, 2.45) is 5.73 Å². The Morgan fingerprint density at radius 3 is 2.68 bits per heavy atom. The van der Waals surface area contributed by atoms with Crippen molar-refractivity contribution in [3.8, 4) is 11.1 Å². The molecule has 6 nitrogen and oxygen atoms in total. The first-order chi connectivity index (χ1) is 14.5. The molecule has 31 heavy (non-hydrogen) atoms. The van der Waals surface area contributed by atoms with Crippen LogP contribution >= 0.6 is 21.9 Å². The highest BCUT2D eigenvalue weighted by molar-refractivity contribution is 8.25. The van der Waals surface area contributed by atoms with Gasteiger partial charge in [-0.1, -0.05) is 0 Å². The quantitative estimate of drug-likeness (QED) is 0.405. The van der Waals surface area contributed by atoms with Crippen molar-refractivity contribution < 1.29 is 13.9 Å². The summed E-state index contributed by atoms with van der Waals surface area (Å²) in [6, 6.07) is 6.17. The Morgan fingerprint density at radius 1 is 1.29 bits per heavy atom. The Bertz CT molecular complexity index is 1130. The lowest BCUT2D eigenvalue weighted by atomic mass is 9.86. The van der Waals surface area contributed by atoms with Gasteiger partial charge in [-0.3, -0.25) is 13.9 Å². The Hall–Kier alpha value is -1.84. The third-order valence-corrected chi connectivity index (χ3v) is 10.0. The Labute approximate surface area is 188 Å². The summed E-state index contributed by atoms with van der Waals surface area (Å²) >= 11 is 1.71. The first kappa shape index (κ1) is 22.4. The van der Waals surface area contributed by atoms with E-state index in [4.69, 9.17) is 5.73 Å². The Morgan fingerprint density at radius 2 is 2.03 bits per heavy atom. The minimum Gasteiger partial charge on any atom is -0.366 e. The van der Waals surface area contributed by atoms with Crippen LogP contribution in [0.5, 0.6) is 0 Å². The van der Waals surface area contributed by atoms with Crippen LogP contribution in [-0.2, 0) is 6.54 Å². The van der Waals surface area contributed by atoms with Crippen molar-refractivity contribution in [1.29, 1.82) is 0 Å². The summed E-state index contributed by atoms with van der Waals surface area (Å²) in [4.78, 5) is 18.9. The molecular formula is C23H31N3O3S2. The van der Waals surface area contributed by atoms with E-state index in [0.717, 1.165) is 34.1 Å². The van der Waals surface area contributed by atoms with Gasteiger partial charge in [-0.2, -0.15) is 10.6 Å². The number of rotatable bonds is 5. The molecule has 8 heteroatoms. The van der Waals surface area contributed by atoms with E-state index < -0.39 is 21.2 Å². The number of amides is 1. The monoisotopic (exact) mass is 461 g/mol. The number of aromatic amines is 1. The molecule has 2 aromatic heterocycles. The minimum atomic E-state index is -2.61. The van der Waals surface area contributed by atoms with Gasteiger partial charge in [-0.05, 0) is 87.0 Å². The zero-order chi connectivity index (χ0) is 22.6. The summed E-state index contributed by atoms with van der Waals surface area (Å²) in [7, 11) is 1.49. The van der Waals surface area contributed by atoms with E-state index in [1.807, 2.05) is 40.2 Å². The summed E-state index contributed by atoms with van der Waals surface area (Å²) in [5, 5.41) is 3.11. The number of carbonyl (C=O) groups is 1. The van der Waals surface area contributed by atoms with Gasteiger partial charge in [0, 0.05) is 28.8 Å². The number of primary amides is 1. The van der Waals surface area contributed by atoms with Crippen molar-refractivity contribution >= 4 is 38.7 Å². The predicted octanol–water partition coefficient (Wildman–Crippen LogP) is 5.46. The van der Waals surface area contributed by atoms with Crippen molar-refractivity contribution in [3.05, 3.63) is 45.8 Å². The third-order valence-electron chi connectivity index (χ3n) is 6.36. The van der Waals surface area contributed by atoms with Gasteiger partial charge >= 0.3 is 0 Å². The molecular weight excluding hydrogens is 430 g/mol. The number of fused-ring (bicyclic) bond motifs is 1. The van der Waals surface area contributed by atoms with Gasteiger partial charge in [-0.25, -0.2) is 0 Å². The third kappa shape index (κ3) is 4.15. The van der Waals surface area contributed by atoms with Crippen LogP contribution in [0.1, 0.15) is 53.4 Å². The first-order valence-corrected chi connectivity index (χ1v) is 13.0. The molecule has 0 radical (unpaired) electrons. The molecule has 168 valence electrons. The standard InChI is InChI=1S/C23H31N3O3S2/c1-23(2)10-14(5-6-31(23,28)29)20-11-25-21-18(20)8-15(9-19(21)22(24)27)16-7-17(30-13-16)12-26(3)4/h7-9,11,13-14,25,28-29H,5-6,10,12H2,1-4H3,(H2,24,27). The number of thiophene rings is 1. The van der Waals surface area contributed by atoms with Crippen LogP contribution in [-0.4, -0.2) is 49.5 Å². The molecule has 1 aliphatic heterocycles. The van der Waals surface area contributed by atoms with Crippen LogP contribution in [0.2, 0.25) is 0 Å². The van der Waals surface area contributed by atoms with Crippen LogP contribution in [0.3, 0.4) is 0 Å². The smallest absolute Gasteiger partial charge is 0.250 e. The summed E-state index contributed by atoms with van der Waals surface area (Å²) in [5.74, 6) is 0.131. The molecule has 5 N–H and O–H groups in total. The number of nitrogens with one attached hydrogen (secondary N) is 1. The van der Waals surface area contributed by atoms with E-state index in [-0.39, 0.29) is 5.92 Å². The number of benzene rings is 1. The lowest BCUT2D eigenvalue weighted by Gasteiger charge is -2.52. The van der Waals surface area contributed by atoms with Crippen LogP contribution in [0.15, 0.2) is 29.8 Å². The maximum absolute atomic E-state index is 12.3. The van der Waals surface area contributed by atoms with Crippen LogP contribution in [0.4, 0.5) is 0 Å². The Kier molecular flexibility index (Phi) is 5.72. The highest BCUT2D eigenvalue weighted by atomic mass is 32.3. The van der Waals surface area contributed by atoms with Crippen LogP contribution in [0, 0.1) is 0 Å². The Balaban J connectivity index is 1.79. The maximum Gasteiger partial charge on any atom is 0.250 e. The zero-order valence-corrected chi connectivity index (χ0v) is 20.1. The highest BCUT2D eigenvalue weighted by Crippen LogP contribution is 2.61. The fourth-order valence-corrected chi connectivity index (χ4v) is 7.20. The molecule has 0 aliphatic carbocycles. The molecule has 4 rings (SSSR count). The molecule has 1 aliphatic rings. The number of nitrogens with two attached hydrogens (primary N) is 1. The van der Waals surface area contributed by atoms with Gasteiger partial charge in [0.25, 0.3) is 5.91 Å². The second kappa shape index (κ2) is 7.94. The van der Waals surface area contributed by atoms with E-state index in [2.05, 4.69) is 27.4 Å². The van der Waals surface area contributed by atoms with Gasteiger partial charge in [-0.15, -0.1) is 11.3 Å². The number of hydrogen-bond acceptors (Lipinski definition) is 5. The van der Waals surface area contributed by atoms with Gasteiger partial charge in [0.1, 0.15) is 0 Å². The summed E-state index contributed by atoms with van der Waals surface area (Å²) < 4.78 is 20.4. The molecule has 1 amide bonds. The van der Waals surface area contributed by atoms with Gasteiger partial charge in [0.15, 0.2) is 0 Å². The summed E-state index contributed by atoms with van der Waals surface area (Å²) in [6.07, 6.45) is 3.36. The van der Waals surface area contributed by atoms with E-state index in [1.165, 1.54) is 4.88 Å². The number of hydrogen-bond donors (Lipinski definition) is 4. The van der Waals surface area contributed by atoms with E-state index in [1.54, 1.807) is 11.3 Å². The van der Waals surface area contributed by atoms with Crippen LogP contribution in [0.25, 0.3) is 22.0 Å². The molecule has 1 fully saturated rings. The number of H-pyrrole nitrogens is 1.